The fourth-order valence-electron chi connectivity index (χ4n) is 2.43. The zero-order valence-electron chi connectivity index (χ0n) is 11.4. The maximum absolute atomic E-state index is 12.5. The van der Waals surface area contributed by atoms with E-state index < -0.39 is 10.0 Å². The molecule has 0 spiro atoms. The number of hydrogen-bond donors (Lipinski definition) is 1. The van der Waals surface area contributed by atoms with Crippen molar-refractivity contribution < 1.29 is 13.5 Å². The van der Waals surface area contributed by atoms with Crippen LogP contribution in [0.2, 0.25) is 0 Å². The number of benzene rings is 1. The lowest BCUT2D eigenvalue weighted by atomic mass is 9.96. The third kappa shape index (κ3) is 2.99. The van der Waals surface area contributed by atoms with E-state index in [0.29, 0.717) is 29.8 Å². The number of hydrogen-bond acceptors (Lipinski definition) is 3. The molecule has 2 rings (SSSR count). The Bertz CT molecular complexity index is 522. The van der Waals surface area contributed by atoms with Gasteiger partial charge in [0.15, 0.2) is 0 Å². The molecule has 106 valence electrons. The van der Waals surface area contributed by atoms with E-state index in [1.165, 1.54) is 0 Å². The van der Waals surface area contributed by atoms with Crippen LogP contribution in [0.3, 0.4) is 0 Å². The molecule has 1 unspecified atom stereocenters. The fourth-order valence-corrected chi connectivity index (χ4v) is 3.94. The van der Waals surface area contributed by atoms with Crippen LogP contribution in [0.5, 0.6) is 0 Å². The summed E-state index contributed by atoms with van der Waals surface area (Å²) in [6.45, 7) is 5.42. The van der Waals surface area contributed by atoms with Gasteiger partial charge < -0.3 is 5.11 Å². The van der Waals surface area contributed by atoms with Crippen LogP contribution in [0.15, 0.2) is 29.2 Å². The van der Waals surface area contributed by atoms with Gasteiger partial charge in [0.05, 0.1) is 11.5 Å². The molecule has 0 bridgehead atoms. The molecule has 1 atom stereocenters. The molecule has 1 aromatic rings. The minimum Gasteiger partial charge on any atom is -0.392 e. The van der Waals surface area contributed by atoms with Crippen LogP contribution in [0.4, 0.5) is 0 Å². The maximum atomic E-state index is 12.5. The summed E-state index contributed by atoms with van der Waals surface area (Å²) in [5.74, 6) is 0.962. The largest absolute Gasteiger partial charge is 0.392 e. The van der Waals surface area contributed by atoms with Gasteiger partial charge in [-0.05, 0) is 36.0 Å². The molecule has 5 heteroatoms. The highest BCUT2D eigenvalue weighted by Gasteiger charge is 2.33. The number of aliphatic hydroxyl groups is 1. The predicted octanol–water partition coefficient (Wildman–Crippen LogP) is 1.85. The second kappa shape index (κ2) is 5.61. The Morgan fingerprint density at radius 3 is 2.42 bits per heavy atom. The third-order valence-corrected chi connectivity index (χ3v) is 5.75. The van der Waals surface area contributed by atoms with E-state index in [9.17, 15) is 8.42 Å². The van der Waals surface area contributed by atoms with Crippen LogP contribution in [-0.4, -0.2) is 30.9 Å². The first-order valence-corrected chi connectivity index (χ1v) is 8.09. The lowest BCUT2D eigenvalue weighted by Crippen LogP contribution is -2.29. The van der Waals surface area contributed by atoms with Gasteiger partial charge in [-0.25, -0.2) is 8.42 Å². The molecule has 1 N–H and O–H groups in total. The van der Waals surface area contributed by atoms with Crippen molar-refractivity contribution in [1.29, 1.82) is 0 Å². The second-order valence-electron chi connectivity index (χ2n) is 5.46. The Morgan fingerprint density at radius 2 is 1.95 bits per heavy atom. The van der Waals surface area contributed by atoms with Crippen molar-refractivity contribution in [2.45, 2.75) is 31.8 Å². The van der Waals surface area contributed by atoms with Crippen LogP contribution in [0, 0.1) is 11.8 Å². The van der Waals surface area contributed by atoms with E-state index in [2.05, 4.69) is 13.8 Å². The van der Waals surface area contributed by atoms with Gasteiger partial charge in [-0.1, -0.05) is 26.0 Å². The standard InChI is InChI=1S/C14H21NO3S/c1-11(2)13-7-8-15(9-13)19(17,18)14-5-3-12(10-16)4-6-14/h3-6,11,13,16H,7-10H2,1-2H3. The van der Waals surface area contributed by atoms with Gasteiger partial charge in [0.1, 0.15) is 0 Å². The molecule has 0 aliphatic carbocycles. The van der Waals surface area contributed by atoms with Crippen LogP contribution in [0.25, 0.3) is 0 Å². The lowest BCUT2D eigenvalue weighted by molar-refractivity contribution is 0.281. The molecule has 4 nitrogen and oxygen atoms in total. The Labute approximate surface area is 115 Å². The van der Waals surface area contributed by atoms with E-state index in [-0.39, 0.29) is 6.61 Å². The zero-order chi connectivity index (χ0) is 14.0. The molecular weight excluding hydrogens is 262 g/mol. The van der Waals surface area contributed by atoms with Gasteiger partial charge in [0.25, 0.3) is 0 Å². The Morgan fingerprint density at radius 1 is 1.32 bits per heavy atom. The second-order valence-corrected chi connectivity index (χ2v) is 7.40. The van der Waals surface area contributed by atoms with Crippen LogP contribution < -0.4 is 0 Å². The van der Waals surface area contributed by atoms with E-state index in [4.69, 9.17) is 5.11 Å². The number of rotatable bonds is 4. The maximum Gasteiger partial charge on any atom is 0.243 e. The quantitative estimate of drug-likeness (QED) is 0.917. The monoisotopic (exact) mass is 283 g/mol. The minimum absolute atomic E-state index is 0.0700. The highest BCUT2D eigenvalue weighted by molar-refractivity contribution is 7.89. The molecule has 1 aliphatic rings. The molecule has 19 heavy (non-hydrogen) atoms. The molecule has 1 aliphatic heterocycles. The summed E-state index contributed by atoms with van der Waals surface area (Å²) in [5.41, 5.74) is 0.723. The average Bonchev–Trinajstić information content (AvgIpc) is 2.89. The van der Waals surface area contributed by atoms with Gasteiger partial charge >= 0.3 is 0 Å². The summed E-state index contributed by atoms with van der Waals surface area (Å²) in [6.07, 6.45) is 0.936. The molecule has 1 aromatic carbocycles. The molecular formula is C14H21NO3S. The van der Waals surface area contributed by atoms with Crippen LogP contribution >= 0.6 is 0 Å². The molecule has 1 saturated heterocycles. The van der Waals surface area contributed by atoms with Crippen LogP contribution in [-0.2, 0) is 16.6 Å². The summed E-state index contributed by atoms with van der Waals surface area (Å²) in [4.78, 5) is 0.314. The highest BCUT2D eigenvalue weighted by atomic mass is 32.2. The van der Waals surface area contributed by atoms with Gasteiger partial charge in [-0.2, -0.15) is 4.31 Å². The van der Waals surface area contributed by atoms with E-state index in [0.717, 1.165) is 12.0 Å². The Hall–Kier alpha value is -0.910. The first-order chi connectivity index (χ1) is 8.95. The first kappa shape index (κ1) is 14.5. The summed E-state index contributed by atoms with van der Waals surface area (Å²) < 4.78 is 26.5. The molecule has 0 radical (unpaired) electrons. The van der Waals surface area contributed by atoms with Crippen molar-refractivity contribution in [2.24, 2.45) is 11.8 Å². The average molecular weight is 283 g/mol. The Balaban J connectivity index is 2.18. The number of nitrogens with zero attached hydrogens (tertiary/aromatic N) is 1. The van der Waals surface area contributed by atoms with Gasteiger partial charge in [0, 0.05) is 13.1 Å². The summed E-state index contributed by atoms with van der Waals surface area (Å²) in [5, 5.41) is 8.98. The molecule has 1 heterocycles. The Kier molecular flexibility index (Phi) is 4.28. The number of aliphatic hydroxyl groups excluding tert-OH is 1. The van der Waals surface area contributed by atoms with Crippen molar-refractivity contribution in [1.82, 2.24) is 4.31 Å². The van der Waals surface area contributed by atoms with Crippen molar-refractivity contribution >= 4 is 10.0 Å². The fraction of sp³-hybridized carbons (Fsp3) is 0.571. The summed E-state index contributed by atoms with van der Waals surface area (Å²) in [6, 6.07) is 6.46. The summed E-state index contributed by atoms with van der Waals surface area (Å²) >= 11 is 0. The topological polar surface area (TPSA) is 57.6 Å². The van der Waals surface area contributed by atoms with E-state index in [1.54, 1.807) is 28.6 Å². The highest BCUT2D eigenvalue weighted by Crippen LogP contribution is 2.28. The zero-order valence-corrected chi connectivity index (χ0v) is 12.2. The third-order valence-electron chi connectivity index (χ3n) is 3.87. The van der Waals surface area contributed by atoms with Gasteiger partial charge in [-0.3, -0.25) is 0 Å². The SMILES string of the molecule is CC(C)C1CCN(S(=O)(=O)c2ccc(CO)cc2)C1. The van der Waals surface area contributed by atoms with Crippen LogP contribution in [0.1, 0.15) is 25.8 Å². The molecule has 1 fully saturated rings. The molecule has 0 aromatic heterocycles. The smallest absolute Gasteiger partial charge is 0.243 e. The lowest BCUT2D eigenvalue weighted by Gasteiger charge is -2.18. The molecule has 0 amide bonds. The normalized spacial score (nSPS) is 21.2. The first-order valence-electron chi connectivity index (χ1n) is 6.65. The predicted molar refractivity (Wildman–Crippen MR) is 74.1 cm³/mol. The van der Waals surface area contributed by atoms with Gasteiger partial charge in [-0.15, -0.1) is 0 Å². The van der Waals surface area contributed by atoms with Crippen molar-refractivity contribution in [2.75, 3.05) is 13.1 Å². The van der Waals surface area contributed by atoms with Crippen molar-refractivity contribution in [3.8, 4) is 0 Å². The summed E-state index contributed by atoms with van der Waals surface area (Å²) in [7, 11) is -3.38. The van der Waals surface area contributed by atoms with Gasteiger partial charge in [0.2, 0.25) is 10.0 Å². The minimum atomic E-state index is -3.38. The number of sulfonamides is 1. The molecule has 0 saturated carbocycles. The van der Waals surface area contributed by atoms with E-state index >= 15 is 0 Å². The van der Waals surface area contributed by atoms with Crippen molar-refractivity contribution in [3.05, 3.63) is 29.8 Å². The van der Waals surface area contributed by atoms with Crippen molar-refractivity contribution in [3.63, 3.8) is 0 Å². The van der Waals surface area contributed by atoms with E-state index in [1.807, 2.05) is 0 Å².